The van der Waals surface area contributed by atoms with Crippen LogP contribution in [0.1, 0.15) is 25.0 Å². The first-order valence-corrected chi connectivity index (χ1v) is 10.6. The number of ether oxygens (including phenoxy) is 2. The van der Waals surface area contributed by atoms with Crippen molar-refractivity contribution < 1.29 is 9.47 Å². The van der Waals surface area contributed by atoms with Crippen molar-refractivity contribution in [2.45, 2.75) is 26.1 Å². The summed E-state index contributed by atoms with van der Waals surface area (Å²) in [6.07, 6.45) is 4.01. The molecular weight excluding hydrogens is 402 g/mol. The first-order valence-electron chi connectivity index (χ1n) is 10.6. The average molecular weight is 434 g/mol. The second-order valence-corrected chi connectivity index (χ2v) is 8.36. The number of fused-ring (bicyclic) bond motifs is 1. The molecule has 0 aromatic heterocycles. The van der Waals surface area contributed by atoms with E-state index in [0.29, 0.717) is 18.0 Å². The zero-order valence-corrected chi connectivity index (χ0v) is 19.6. The van der Waals surface area contributed by atoms with Crippen molar-refractivity contribution in [3.63, 3.8) is 0 Å². The molecule has 2 aliphatic rings. The van der Waals surface area contributed by atoms with E-state index in [-0.39, 0.29) is 0 Å². The van der Waals surface area contributed by atoms with Crippen molar-refractivity contribution in [1.29, 1.82) is 0 Å². The van der Waals surface area contributed by atoms with Crippen LogP contribution in [-0.2, 0) is 6.54 Å². The molecule has 2 N–H and O–H groups in total. The molecule has 0 amide bonds. The number of methoxy groups -OCH3 is 2. The number of anilines is 1. The molecule has 1 unspecified atom stereocenters. The van der Waals surface area contributed by atoms with Crippen LogP contribution in [0, 0.1) is 0 Å². The Labute approximate surface area is 190 Å². The summed E-state index contributed by atoms with van der Waals surface area (Å²) < 4.78 is 11.0. The van der Waals surface area contributed by atoms with Crippen LogP contribution < -0.4 is 25.1 Å². The molecule has 7 nitrogen and oxygen atoms in total. The fourth-order valence-electron chi connectivity index (χ4n) is 4.03. The first kappa shape index (κ1) is 21.9. The van der Waals surface area contributed by atoms with E-state index in [1.54, 1.807) is 14.2 Å². The number of nitrogens with zero attached hydrogens (tertiary/aromatic N) is 3. The van der Waals surface area contributed by atoms with Crippen molar-refractivity contribution in [2.75, 3.05) is 33.2 Å². The fraction of sp³-hybridized carbons (Fsp3) is 0.320. The maximum absolute atomic E-state index is 5.57. The van der Waals surface area contributed by atoms with Crippen LogP contribution in [0.3, 0.4) is 0 Å². The Bertz CT molecular complexity index is 1090. The van der Waals surface area contributed by atoms with Crippen molar-refractivity contribution in [1.82, 2.24) is 15.8 Å². The van der Waals surface area contributed by atoms with Crippen LogP contribution in [-0.4, -0.2) is 44.7 Å². The van der Waals surface area contributed by atoms with Gasteiger partial charge >= 0.3 is 0 Å². The molecule has 1 atom stereocenters. The van der Waals surface area contributed by atoms with Gasteiger partial charge in [0.1, 0.15) is 5.66 Å². The number of allylic oxidation sites excluding steroid dienone is 1. The number of hydrogen-bond donors (Lipinski definition) is 2. The first-order chi connectivity index (χ1) is 15.3. The second kappa shape index (κ2) is 8.68. The van der Waals surface area contributed by atoms with Gasteiger partial charge in [-0.3, -0.25) is 10.3 Å². The Balaban J connectivity index is 1.70. The quantitative estimate of drug-likeness (QED) is 0.694. The largest absolute Gasteiger partial charge is 0.493 e. The van der Waals surface area contributed by atoms with E-state index in [1.165, 1.54) is 11.3 Å². The summed E-state index contributed by atoms with van der Waals surface area (Å²) in [5, 5.41) is 5.68. The highest BCUT2D eigenvalue weighted by Crippen LogP contribution is 2.40. The van der Waals surface area contributed by atoms with Gasteiger partial charge in [-0.05, 0) is 55.3 Å². The third-order valence-electron chi connectivity index (χ3n) is 5.81. The van der Waals surface area contributed by atoms with Crippen LogP contribution in [0.4, 0.5) is 5.69 Å². The molecule has 0 fully saturated rings. The Morgan fingerprint density at radius 2 is 1.78 bits per heavy atom. The standard InChI is InChI=1S/C25H31N5O2/c1-17-13-14-30-24(27-17)23(19-9-12-21(31-5)22(15-19)32-6)25(2,28-30)26-16-18-7-10-20(11-8-18)29(3)4/h7-15,26,28H,16H2,1-6H3. The molecule has 0 bridgehead atoms. The van der Waals surface area contributed by atoms with Crippen LogP contribution in [0.2, 0.25) is 0 Å². The number of hydrogen-bond acceptors (Lipinski definition) is 7. The minimum atomic E-state index is -0.548. The predicted molar refractivity (Wildman–Crippen MR) is 130 cm³/mol. The molecule has 2 aromatic carbocycles. The topological polar surface area (TPSA) is 61.4 Å². The van der Waals surface area contributed by atoms with Crippen molar-refractivity contribution in [2.24, 2.45) is 4.99 Å². The lowest BCUT2D eigenvalue weighted by Gasteiger charge is -2.31. The molecular formula is C25H31N5O2. The predicted octanol–water partition coefficient (Wildman–Crippen LogP) is 3.75. The number of nitrogens with one attached hydrogen (secondary N) is 2. The van der Waals surface area contributed by atoms with Crippen LogP contribution in [0.25, 0.3) is 5.57 Å². The lowest BCUT2D eigenvalue weighted by molar-refractivity contribution is 0.244. The maximum atomic E-state index is 5.57. The molecule has 0 saturated carbocycles. The molecule has 0 saturated heterocycles. The van der Waals surface area contributed by atoms with Crippen LogP contribution in [0.5, 0.6) is 11.5 Å². The van der Waals surface area contributed by atoms with Crippen LogP contribution in [0.15, 0.2) is 65.6 Å². The van der Waals surface area contributed by atoms with E-state index in [4.69, 9.17) is 14.5 Å². The van der Waals surface area contributed by atoms with Crippen molar-refractivity contribution in [3.05, 3.63) is 71.7 Å². The minimum absolute atomic E-state index is 0.548. The highest BCUT2D eigenvalue weighted by molar-refractivity contribution is 5.95. The summed E-state index contributed by atoms with van der Waals surface area (Å²) in [5.74, 6) is 2.25. The molecule has 2 aliphatic heterocycles. The van der Waals surface area contributed by atoms with Gasteiger partial charge in [0.25, 0.3) is 0 Å². The van der Waals surface area contributed by atoms with Gasteiger partial charge < -0.3 is 14.4 Å². The van der Waals surface area contributed by atoms with E-state index in [1.807, 2.05) is 56.5 Å². The van der Waals surface area contributed by atoms with Gasteiger partial charge in [-0.2, -0.15) is 0 Å². The molecule has 168 valence electrons. The minimum Gasteiger partial charge on any atom is -0.493 e. The fourth-order valence-corrected chi connectivity index (χ4v) is 4.03. The SMILES string of the molecule is COc1ccc(C2=C3N=C(C)C=CN3NC2(C)NCc2ccc(N(C)C)cc2)cc1OC. The van der Waals surface area contributed by atoms with Gasteiger partial charge in [0.2, 0.25) is 0 Å². The van der Waals surface area contributed by atoms with Gasteiger partial charge in [0.05, 0.1) is 14.2 Å². The number of aliphatic imine (C=N–C) groups is 1. The molecule has 0 aliphatic carbocycles. The van der Waals surface area contributed by atoms with Crippen molar-refractivity contribution >= 4 is 17.0 Å². The third kappa shape index (κ3) is 4.09. The highest BCUT2D eigenvalue weighted by Gasteiger charge is 2.42. The molecule has 2 heterocycles. The van der Waals surface area contributed by atoms with E-state index < -0.39 is 5.66 Å². The molecule has 32 heavy (non-hydrogen) atoms. The lowest BCUT2D eigenvalue weighted by Crippen LogP contribution is -2.54. The molecule has 2 aromatic rings. The van der Waals surface area contributed by atoms with E-state index in [2.05, 4.69) is 46.8 Å². The lowest BCUT2D eigenvalue weighted by atomic mass is 9.94. The normalized spacial score (nSPS) is 19.7. The van der Waals surface area contributed by atoms with E-state index in [0.717, 1.165) is 22.7 Å². The van der Waals surface area contributed by atoms with Gasteiger partial charge in [-0.15, -0.1) is 0 Å². The summed E-state index contributed by atoms with van der Waals surface area (Å²) in [5.41, 5.74) is 8.43. The Morgan fingerprint density at radius 1 is 1.06 bits per heavy atom. The summed E-state index contributed by atoms with van der Waals surface area (Å²) in [4.78, 5) is 6.94. The highest BCUT2D eigenvalue weighted by atomic mass is 16.5. The zero-order chi connectivity index (χ0) is 22.9. The summed E-state index contributed by atoms with van der Waals surface area (Å²) >= 11 is 0. The van der Waals surface area contributed by atoms with Crippen LogP contribution >= 0.6 is 0 Å². The molecule has 0 spiro atoms. The maximum Gasteiger partial charge on any atom is 0.161 e. The summed E-state index contributed by atoms with van der Waals surface area (Å²) in [6, 6.07) is 14.5. The number of hydrazine groups is 1. The molecule has 4 rings (SSSR count). The number of rotatable bonds is 7. The van der Waals surface area contributed by atoms with E-state index in [9.17, 15) is 0 Å². The smallest absolute Gasteiger partial charge is 0.161 e. The molecule has 0 radical (unpaired) electrons. The van der Waals surface area contributed by atoms with E-state index >= 15 is 0 Å². The third-order valence-corrected chi connectivity index (χ3v) is 5.81. The summed E-state index contributed by atoms with van der Waals surface area (Å²) in [6.45, 7) is 4.83. The zero-order valence-electron chi connectivity index (χ0n) is 19.6. The van der Waals surface area contributed by atoms with Gasteiger partial charge in [0.15, 0.2) is 17.3 Å². The Morgan fingerprint density at radius 3 is 2.44 bits per heavy atom. The second-order valence-electron chi connectivity index (χ2n) is 8.36. The summed E-state index contributed by atoms with van der Waals surface area (Å²) in [7, 11) is 7.39. The van der Waals surface area contributed by atoms with Gasteiger partial charge in [-0.25, -0.2) is 10.4 Å². The average Bonchev–Trinajstić information content (AvgIpc) is 3.09. The Kier molecular flexibility index (Phi) is 5.95. The van der Waals surface area contributed by atoms with Gasteiger partial charge in [-0.1, -0.05) is 18.2 Å². The van der Waals surface area contributed by atoms with Crippen molar-refractivity contribution in [3.8, 4) is 11.5 Å². The van der Waals surface area contributed by atoms with Gasteiger partial charge in [0, 0.05) is 43.8 Å². The monoisotopic (exact) mass is 433 g/mol. The molecule has 7 heteroatoms. The Hall–Kier alpha value is -3.29. The number of benzene rings is 2.